The highest BCUT2D eigenvalue weighted by Gasteiger charge is 2.36. The fraction of sp³-hybridized carbons (Fsp3) is 0.500. The number of carbonyl (C=O) groups is 3. The van der Waals surface area contributed by atoms with Gasteiger partial charge < -0.3 is 15.3 Å². The van der Waals surface area contributed by atoms with Crippen LogP contribution in [0.25, 0.3) is 0 Å². The smallest absolute Gasteiger partial charge is 0.305 e. The van der Waals surface area contributed by atoms with Gasteiger partial charge in [-0.3, -0.25) is 14.4 Å². The molecule has 130 valence electrons. The highest BCUT2D eigenvalue weighted by atomic mass is 16.4. The van der Waals surface area contributed by atoms with E-state index in [0.717, 1.165) is 11.1 Å². The van der Waals surface area contributed by atoms with Gasteiger partial charge in [0.2, 0.25) is 11.8 Å². The summed E-state index contributed by atoms with van der Waals surface area (Å²) >= 11 is 0. The first-order chi connectivity index (χ1) is 11.3. The molecule has 0 radical (unpaired) electrons. The maximum absolute atomic E-state index is 12.6. The molecule has 0 bridgehead atoms. The summed E-state index contributed by atoms with van der Waals surface area (Å²) in [5, 5.41) is 12.0. The van der Waals surface area contributed by atoms with Gasteiger partial charge in [-0.1, -0.05) is 24.3 Å². The van der Waals surface area contributed by atoms with Gasteiger partial charge in [0.05, 0.1) is 18.4 Å². The summed E-state index contributed by atoms with van der Waals surface area (Å²) in [7, 11) is 0. The predicted molar refractivity (Wildman–Crippen MR) is 89.3 cm³/mol. The van der Waals surface area contributed by atoms with E-state index in [-0.39, 0.29) is 30.7 Å². The largest absolute Gasteiger partial charge is 0.481 e. The number of benzene rings is 1. The highest BCUT2D eigenvalue weighted by molar-refractivity contribution is 5.89. The molecule has 2 N–H and O–H groups in total. The molecule has 6 nitrogen and oxygen atoms in total. The summed E-state index contributed by atoms with van der Waals surface area (Å²) in [5.74, 6) is -1.70. The number of hydrogen-bond donors (Lipinski definition) is 2. The molecule has 1 saturated heterocycles. The first kappa shape index (κ1) is 18.0. The second-order valence-electron chi connectivity index (χ2n) is 6.56. The first-order valence-corrected chi connectivity index (χ1v) is 8.16. The molecule has 2 amide bonds. The van der Waals surface area contributed by atoms with E-state index in [2.05, 4.69) is 5.32 Å². The Kier molecular flexibility index (Phi) is 5.59. The van der Waals surface area contributed by atoms with Crippen molar-refractivity contribution < 1.29 is 19.5 Å². The van der Waals surface area contributed by atoms with Crippen LogP contribution in [-0.2, 0) is 14.4 Å². The normalized spacial score (nSPS) is 18.8. The van der Waals surface area contributed by atoms with E-state index in [1.54, 1.807) is 4.90 Å². The highest BCUT2D eigenvalue weighted by Crippen LogP contribution is 2.24. The van der Waals surface area contributed by atoms with Crippen LogP contribution in [0.1, 0.15) is 43.9 Å². The average molecular weight is 332 g/mol. The molecule has 1 aromatic rings. The van der Waals surface area contributed by atoms with Gasteiger partial charge in [-0.2, -0.15) is 0 Å². The summed E-state index contributed by atoms with van der Waals surface area (Å²) in [6.07, 6.45) is -0.0112. The van der Waals surface area contributed by atoms with E-state index in [0.29, 0.717) is 6.54 Å². The van der Waals surface area contributed by atoms with Gasteiger partial charge in [0.25, 0.3) is 0 Å². The SMILES string of the molecule is Cc1ccccc1[C@@H](CC(=O)O)NC(=O)[C@H]1CC(=O)N(C(C)C)C1. The second-order valence-corrected chi connectivity index (χ2v) is 6.56. The van der Waals surface area contributed by atoms with Crippen molar-refractivity contribution in [3.8, 4) is 0 Å². The zero-order valence-electron chi connectivity index (χ0n) is 14.3. The van der Waals surface area contributed by atoms with Crippen LogP contribution in [0.4, 0.5) is 0 Å². The molecular formula is C18H24N2O4. The zero-order valence-corrected chi connectivity index (χ0v) is 14.3. The lowest BCUT2D eigenvalue weighted by Gasteiger charge is -2.23. The van der Waals surface area contributed by atoms with Crippen molar-refractivity contribution in [3.05, 3.63) is 35.4 Å². The quantitative estimate of drug-likeness (QED) is 0.833. The fourth-order valence-electron chi connectivity index (χ4n) is 3.09. The van der Waals surface area contributed by atoms with Gasteiger partial charge >= 0.3 is 5.97 Å². The van der Waals surface area contributed by atoms with Crippen LogP contribution in [0.3, 0.4) is 0 Å². The Bertz CT molecular complexity index is 642. The third-order valence-corrected chi connectivity index (χ3v) is 4.41. The van der Waals surface area contributed by atoms with Gasteiger partial charge in [0, 0.05) is 19.0 Å². The molecule has 24 heavy (non-hydrogen) atoms. The number of carbonyl (C=O) groups excluding carboxylic acids is 2. The third kappa shape index (κ3) is 4.13. The van der Waals surface area contributed by atoms with Crippen LogP contribution in [0.5, 0.6) is 0 Å². The maximum atomic E-state index is 12.6. The van der Waals surface area contributed by atoms with Gasteiger partial charge in [-0.05, 0) is 31.9 Å². The van der Waals surface area contributed by atoms with Gasteiger partial charge in [0.1, 0.15) is 0 Å². The van der Waals surface area contributed by atoms with Crippen LogP contribution in [0.15, 0.2) is 24.3 Å². The van der Waals surface area contributed by atoms with Crippen LogP contribution in [-0.4, -0.2) is 40.4 Å². The van der Waals surface area contributed by atoms with E-state index < -0.39 is 17.9 Å². The molecule has 1 aromatic carbocycles. The number of likely N-dealkylation sites (tertiary alicyclic amines) is 1. The lowest BCUT2D eigenvalue weighted by molar-refractivity contribution is -0.138. The molecule has 0 saturated carbocycles. The molecule has 6 heteroatoms. The molecule has 2 rings (SSSR count). The first-order valence-electron chi connectivity index (χ1n) is 8.16. The maximum Gasteiger partial charge on any atom is 0.305 e. The molecule has 1 heterocycles. The van der Waals surface area contributed by atoms with Gasteiger partial charge in [-0.15, -0.1) is 0 Å². The summed E-state index contributed by atoms with van der Waals surface area (Å²) in [5.41, 5.74) is 1.72. The van der Waals surface area contributed by atoms with E-state index in [9.17, 15) is 14.4 Å². The average Bonchev–Trinajstić information content (AvgIpc) is 2.89. The molecule has 0 unspecified atom stereocenters. The van der Waals surface area contributed by atoms with E-state index in [4.69, 9.17) is 5.11 Å². The van der Waals surface area contributed by atoms with Gasteiger partial charge in [0.15, 0.2) is 0 Å². The minimum Gasteiger partial charge on any atom is -0.481 e. The number of aliphatic carboxylic acids is 1. The van der Waals surface area contributed by atoms with Crippen molar-refractivity contribution >= 4 is 17.8 Å². The van der Waals surface area contributed by atoms with Gasteiger partial charge in [-0.25, -0.2) is 0 Å². The van der Waals surface area contributed by atoms with Crippen LogP contribution < -0.4 is 5.32 Å². The Balaban J connectivity index is 2.13. The van der Waals surface area contributed by atoms with Crippen LogP contribution in [0.2, 0.25) is 0 Å². The third-order valence-electron chi connectivity index (χ3n) is 4.41. The number of amides is 2. The van der Waals surface area contributed by atoms with Crippen molar-refractivity contribution in [2.24, 2.45) is 5.92 Å². The molecule has 1 aliphatic rings. The van der Waals surface area contributed by atoms with Crippen molar-refractivity contribution in [2.75, 3.05) is 6.54 Å². The number of nitrogens with one attached hydrogen (secondary N) is 1. The van der Waals surface area contributed by atoms with Crippen LogP contribution in [0, 0.1) is 12.8 Å². The molecular weight excluding hydrogens is 308 g/mol. The van der Waals surface area contributed by atoms with Crippen molar-refractivity contribution in [3.63, 3.8) is 0 Å². The van der Waals surface area contributed by atoms with Crippen LogP contribution >= 0.6 is 0 Å². The number of hydrogen-bond acceptors (Lipinski definition) is 3. The lowest BCUT2D eigenvalue weighted by Crippen LogP contribution is -2.37. The number of carboxylic acids is 1. The topological polar surface area (TPSA) is 86.7 Å². The molecule has 0 spiro atoms. The molecule has 0 aromatic heterocycles. The molecule has 0 aliphatic carbocycles. The minimum absolute atomic E-state index is 0.0316. The Morgan fingerprint density at radius 1 is 1.33 bits per heavy atom. The number of carboxylic acid groups (broad SMARTS) is 1. The molecule has 2 atom stereocenters. The Labute approximate surface area is 141 Å². The molecule has 1 fully saturated rings. The van der Waals surface area contributed by atoms with Crippen molar-refractivity contribution in [1.29, 1.82) is 0 Å². The number of nitrogens with zero attached hydrogens (tertiary/aromatic N) is 1. The monoisotopic (exact) mass is 332 g/mol. The Morgan fingerprint density at radius 2 is 2.00 bits per heavy atom. The second kappa shape index (κ2) is 7.47. The fourth-order valence-corrected chi connectivity index (χ4v) is 3.09. The standard InChI is InChI=1S/C18H24N2O4/c1-11(2)20-10-13(8-16(20)21)18(24)19-15(9-17(22)23)14-7-5-4-6-12(14)3/h4-7,11,13,15H,8-10H2,1-3H3,(H,19,24)(H,22,23)/t13-,15+/m0/s1. The number of aryl methyl sites for hydroxylation is 1. The summed E-state index contributed by atoms with van der Waals surface area (Å²) in [6, 6.07) is 6.86. The lowest BCUT2D eigenvalue weighted by atomic mass is 9.97. The Hall–Kier alpha value is -2.37. The Morgan fingerprint density at radius 3 is 2.54 bits per heavy atom. The summed E-state index contributed by atoms with van der Waals surface area (Å²) < 4.78 is 0. The summed E-state index contributed by atoms with van der Waals surface area (Å²) in [4.78, 5) is 37.4. The summed E-state index contributed by atoms with van der Waals surface area (Å²) in [6.45, 7) is 6.10. The van der Waals surface area contributed by atoms with E-state index in [1.807, 2.05) is 45.0 Å². The van der Waals surface area contributed by atoms with Crippen molar-refractivity contribution in [2.45, 2.75) is 45.7 Å². The zero-order chi connectivity index (χ0) is 17.9. The van der Waals surface area contributed by atoms with E-state index >= 15 is 0 Å². The predicted octanol–water partition coefficient (Wildman–Crippen LogP) is 1.88. The number of rotatable bonds is 6. The molecule has 1 aliphatic heterocycles. The minimum atomic E-state index is -0.977. The van der Waals surface area contributed by atoms with Crippen molar-refractivity contribution in [1.82, 2.24) is 10.2 Å². The van der Waals surface area contributed by atoms with E-state index in [1.165, 1.54) is 0 Å².